The number of nitrogens with one attached hydrogen (secondary N) is 1. The van der Waals surface area contributed by atoms with Gasteiger partial charge in [-0.15, -0.1) is 0 Å². The van der Waals surface area contributed by atoms with Crippen molar-refractivity contribution in [3.63, 3.8) is 0 Å². The van der Waals surface area contributed by atoms with Crippen LogP contribution in [0.25, 0.3) is 5.57 Å². The minimum Gasteiger partial charge on any atom is -0.490 e. The van der Waals surface area contributed by atoms with Gasteiger partial charge in [-0.2, -0.15) is 4.98 Å². The molecular weight excluding hydrogens is 393 g/mol. The van der Waals surface area contributed by atoms with Crippen molar-refractivity contribution in [2.45, 2.75) is 20.4 Å². The molecule has 2 aromatic carbocycles. The van der Waals surface area contributed by atoms with Gasteiger partial charge in [0.2, 0.25) is 11.7 Å². The smallest absolute Gasteiger partial charge is 0.316 e. The Morgan fingerprint density at radius 3 is 2.72 bits per heavy atom. The van der Waals surface area contributed by atoms with Crippen LogP contribution in [0.15, 0.2) is 54.0 Å². The number of methoxy groups -OCH3 is 1. The van der Waals surface area contributed by atoms with Crippen LogP contribution >= 0.6 is 11.6 Å². The van der Waals surface area contributed by atoms with Gasteiger partial charge >= 0.3 is 5.56 Å². The van der Waals surface area contributed by atoms with Gasteiger partial charge in [0, 0.05) is 5.69 Å². The second-order valence-corrected chi connectivity index (χ2v) is 7.16. The summed E-state index contributed by atoms with van der Waals surface area (Å²) in [5, 5.41) is 3.25. The molecule has 29 heavy (non-hydrogen) atoms. The number of nitrogens with zero attached hydrogens (tertiary/aromatic N) is 2. The number of aromatic nitrogens is 2. The summed E-state index contributed by atoms with van der Waals surface area (Å²) < 4.78 is 20.3. The normalized spacial score (nSPS) is 10.7. The number of anilines is 2. The Labute approximate surface area is 173 Å². The Hall–Kier alpha value is -3.12. The molecule has 5 nitrogen and oxygen atoms in total. The Morgan fingerprint density at radius 1 is 1.31 bits per heavy atom. The van der Waals surface area contributed by atoms with Crippen molar-refractivity contribution in [1.82, 2.24) is 9.55 Å². The lowest BCUT2D eigenvalue weighted by Gasteiger charge is -2.17. The van der Waals surface area contributed by atoms with Crippen LogP contribution in [0.5, 0.6) is 5.75 Å². The van der Waals surface area contributed by atoms with E-state index in [2.05, 4.69) is 16.9 Å². The van der Waals surface area contributed by atoms with E-state index in [-0.39, 0.29) is 10.8 Å². The first-order valence-electron chi connectivity index (χ1n) is 8.91. The highest BCUT2D eigenvalue weighted by Crippen LogP contribution is 2.25. The van der Waals surface area contributed by atoms with Crippen molar-refractivity contribution >= 4 is 28.8 Å². The van der Waals surface area contributed by atoms with Crippen LogP contribution in [0.3, 0.4) is 0 Å². The van der Waals surface area contributed by atoms with Crippen molar-refractivity contribution in [3.8, 4) is 5.75 Å². The van der Waals surface area contributed by atoms with E-state index in [9.17, 15) is 9.18 Å². The van der Waals surface area contributed by atoms with Crippen LogP contribution in [0.4, 0.5) is 16.0 Å². The van der Waals surface area contributed by atoms with Crippen molar-refractivity contribution in [2.75, 3.05) is 12.4 Å². The van der Waals surface area contributed by atoms with Crippen molar-refractivity contribution in [3.05, 3.63) is 87.1 Å². The van der Waals surface area contributed by atoms with Gasteiger partial charge in [-0.05, 0) is 48.7 Å². The number of halogens is 2. The number of hydrogen-bond acceptors (Lipinski definition) is 4. The second-order valence-electron chi connectivity index (χ2n) is 6.75. The average molecular weight is 414 g/mol. The average Bonchev–Trinajstić information content (AvgIpc) is 2.68. The zero-order valence-electron chi connectivity index (χ0n) is 16.4. The predicted molar refractivity (Wildman–Crippen MR) is 115 cm³/mol. The molecule has 1 heterocycles. The SMILES string of the molecule is C=C(C)c1ccc(C)c(Nc2nc(=O)c(OC)cn2Cc2ccc(F)c(Cl)c2)c1. The molecule has 7 heteroatoms. The van der Waals surface area contributed by atoms with Gasteiger partial charge in [0.1, 0.15) is 5.82 Å². The van der Waals surface area contributed by atoms with Gasteiger partial charge in [0.25, 0.3) is 0 Å². The molecule has 0 saturated heterocycles. The second kappa shape index (κ2) is 8.49. The molecular formula is C22H21ClFN3O2. The summed E-state index contributed by atoms with van der Waals surface area (Å²) in [6, 6.07) is 10.4. The summed E-state index contributed by atoms with van der Waals surface area (Å²) in [4.78, 5) is 16.4. The first-order valence-corrected chi connectivity index (χ1v) is 9.29. The third kappa shape index (κ3) is 4.66. The summed E-state index contributed by atoms with van der Waals surface area (Å²) in [5.41, 5.74) is 3.95. The number of benzene rings is 2. The highest BCUT2D eigenvalue weighted by atomic mass is 35.5. The summed E-state index contributed by atoms with van der Waals surface area (Å²) in [7, 11) is 1.41. The summed E-state index contributed by atoms with van der Waals surface area (Å²) >= 11 is 5.90. The van der Waals surface area contributed by atoms with E-state index in [1.54, 1.807) is 16.8 Å². The number of hydrogen-bond donors (Lipinski definition) is 1. The lowest BCUT2D eigenvalue weighted by atomic mass is 10.1. The first kappa shape index (κ1) is 20.6. The van der Waals surface area contributed by atoms with Gasteiger partial charge in [-0.1, -0.05) is 42.0 Å². The highest BCUT2D eigenvalue weighted by Gasteiger charge is 2.12. The van der Waals surface area contributed by atoms with E-state index >= 15 is 0 Å². The van der Waals surface area contributed by atoms with Gasteiger partial charge in [0.15, 0.2) is 0 Å². The molecule has 0 bridgehead atoms. The van der Waals surface area contributed by atoms with E-state index in [0.717, 1.165) is 28.0 Å². The minimum absolute atomic E-state index is 0.0305. The number of rotatable bonds is 6. The molecule has 3 rings (SSSR count). The van der Waals surface area contributed by atoms with Crippen LogP contribution in [0.2, 0.25) is 5.02 Å². The van der Waals surface area contributed by atoms with Crippen molar-refractivity contribution in [2.24, 2.45) is 0 Å². The van der Waals surface area contributed by atoms with Crippen molar-refractivity contribution < 1.29 is 9.13 Å². The first-order chi connectivity index (χ1) is 13.8. The highest BCUT2D eigenvalue weighted by molar-refractivity contribution is 6.30. The molecule has 0 aliphatic carbocycles. The standard InChI is InChI=1S/C22H21ClFN3O2/c1-13(2)16-7-5-14(3)19(10-16)25-22-26-21(28)20(29-4)12-27(22)11-15-6-8-18(24)17(23)9-15/h5-10,12H,1,11H2,2-4H3,(H,25,26,28). The van der Waals surface area contributed by atoms with E-state index in [1.807, 2.05) is 32.0 Å². The maximum absolute atomic E-state index is 13.5. The summed E-state index contributed by atoms with van der Waals surface area (Å²) in [6.45, 7) is 8.16. The van der Waals surface area contributed by atoms with E-state index in [0.29, 0.717) is 12.5 Å². The fraction of sp³-hybridized carbons (Fsp3) is 0.182. The van der Waals surface area contributed by atoms with E-state index < -0.39 is 11.4 Å². The molecule has 1 N–H and O–H groups in total. The maximum Gasteiger partial charge on any atom is 0.316 e. The Bertz CT molecular complexity index is 1140. The monoisotopic (exact) mass is 413 g/mol. The zero-order valence-corrected chi connectivity index (χ0v) is 17.2. The molecule has 0 radical (unpaired) electrons. The van der Waals surface area contributed by atoms with Gasteiger partial charge in [0.05, 0.1) is 24.9 Å². The fourth-order valence-corrected chi connectivity index (χ4v) is 3.01. The number of ether oxygens (including phenoxy) is 1. The van der Waals surface area contributed by atoms with Crippen molar-refractivity contribution in [1.29, 1.82) is 0 Å². The molecule has 0 unspecified atom stereocenters. The van der Waals surface area contributed by atoms with Crippen LogP contribution in [0, 0.1) is 12.7 Å². The lowest BCUT2D eigenvalue weighted by Crippen LogP contribution is -2.19. The molecule has 1 aromatic heterocycles. The molecule has 0 atom stereocenters. The van der Waals surface area contributed by atoms with Crippen LogP contribution in [-0.4, -0.2) is 16.7 Å². The summed E-state index contributed by atoms with van der Waals surface area (Å²) in [6.07, 6.45) is 1.56. The Morgan fingerprint density at radius 2 is 2.07 bits per heavy atom. The minimum atomic E-state index is -0.489. The van der Waals surface area contributed by atoms with Crippen LogP contribution < -0.4 is 15.6 Å². The molecule has 0 amide bonds. The third-order valence-corrected chi connectivity index (χ3v) is 4.79. The molecule has 0 aliphatic heterocycles. The van der Waals surface area contributed by atoms with Gasteiger partial charge < -0.3 is 14.6 Å². The molecule has 0 saturated carbocycles. The Kier molecular flexibility index (Phi) is 6.03. The largest absolute Gasteiger partial charge is 0.490 e. The third-order valence-electron chi connectivity index (χ3n) is 4.50. The molecule has 150 valence electrons. The van der Waals surface area contributed by atoms with Gasteiger partial charge in [-0.25, -0.2) is 4.39 Å². The quantitative estimate of drug-likeness (QED) is 0.605. The summed E-state index contributed by atoms with van der Waals surface area (Å²) in [5.74, 6) is -0.0500. The lowest BCUT2D eigenvalue weighted by molar-refractivity contribution is 0.402. The number of allylic oxidation sites excluding steroid dienone is 1. The van der Waals surface area contributed by atoms with Crippen LogP contribution in [-0.2, 0) is 6.54 Å². The fourth-order valence-electron chi connectivity index (χ4n) is 2.81. The van der Waals surface area contributed by atoms with E-state index in [1.165, 1.54) is 19.2 Å². The predicted octanol–water partition coefficient (Wildman–Crippen LogP) is 5.18. The zero-order chi connectivity index (χ0) is 21.1. The molecule has 0 spiro atoms. The molecule has 3 aromatic rings. The molecule has 0 fully saturated rings. The van der Waals surface area contributed by atoms with E-state index in [4.69, 9.17) is 16.3 Å². The topological polar surface area (TPSA) is 56.1 Å². The Balaban J connectivity index is 2.05. The van der Waals surface area contributed by atoms with Gasteiger partial charge in [-0.3, -0.25) is 4.79 Å². The van der Waals surface area contributed by atoms with Crippen LogP contribution in [0.1, 0.15) is 23.6 Å². The molecule has 0 aliphatic rings. The maximum atomic E-state index is 13.5. The number of aryl methyl sites for hydroxylation is 1.